The molecule has 24 heavy (non-hydrogen) atoms. The fourth-order valence-corrected chi connectivity index (χ4v) is 2.51. The second kappa shape index (κ2) is 6.16. The quantitative estimate of drug-likeness (QED) is 0.694. The molecule has 0 bridgehead atoms. The Morgan fingerprint density at radius 2 is 1.75 bits per heavy atom. The maximum atomic E-state index is 12.7. The van der Waals surface area contributed by atoms with Crippen LogP contribution < -0.4 is 10.1 Å². The van der Waals surface area contributed by atoms with Crippen LogP contribution in [0.4, 0.5) is 4.79 Å². The van der Waals surface area contributed by atoms with Crippen LogP contribution in [0.15, 0.2) is 59.7 Å². The molecule has 1 heterocycles. The van der Waals surface area contributed by atoms with E-state index in [2.05, 4.69) is 10.4 Å². The summed E-state index contributed by atoms with van der Waals surface area (Å²) in [5, 5.41) is 7.60. The van der Waals surface area contributed by atoms with Gasteiger partial charge in [-0.25, -0.2) is 4.79 Å². The van der Waals surface area contributed by atoms with Gasteiger partial charge in [0.2, 0.25) is 0 Å². The number of carbonyl (C=O) groups is 2. The van der Waals surface area contributed by atoms with Crippen LogP contribution in [0.25, 0.3) is 0 Å². The minimum absolute atomic E-state index is 0.413. The molecular formula is C18H17N3O3. The summed E-state index contributed by atoms with van der Waals surface area (Å²) >= 11 is 0. The van der Waals surface area contributed by atoms with Gasteiger partial charge >= 0.3 is 6.03 Å². The number of hydrazone groups is 1. The Bertz CT molecular complexity index is 787. The molecule has 6 nitrogen and oxygen atoms in total. The molecule has 3 rings (SSSR count). The lowest BCUT2D eigenvalue weighted by Crippen LogP contribution is -2.40. The standard InChI is InChI=1S/C18H17N3O3/c1-18(14-6-4-3-5-7-14)16(22)21(17(23)20-18)19-12-13-8-10-15(24-2)11-9-13/h3-12H,1-2H3,(H,20,23)/b19-12-/t18-/m0/s1. The highest BCUT2D eigenvalue weighted by molar-refractivity contribution is 6.07. The first kappa shape index (κ1) is 15.7. The number of imide groups is 1. The molecule has 1 aliphatic heterocycles. The summed E-state index contributed by atoms with van der Waals surface area (Å²) in [6.07, 6.45) is 1.47. The van der Waals surface area contributed by atoms with Crippen LogP contribution >= 0.6 is 0 Å². The lowest BCUT2D eigenvalue weighted by molar-refractivity contribution is -0.131. The largest absolute Gasteiger partial charge is 0.497 e. The van der Waals surface area contributed by atoms with Gasteiger partial charge in [-0.3, -0.25) is 4.79 Å². The second-order valence-electron chi connectivity index (χ2n) is 5.56. The van der Waals surface area contributed by atoms with Gasteiger partial charge in [0, 0.05) is 0 Å². The predicted molar refractivity (Wildman–Crippen MR) is 89.8 cm³/mol. The highest BCUT2D eigenvalue weighted by Crippen LogP contribution is 2.28. The molecule has 1 fully saturated rings. The van der Waals surface area contributed by atoms with Crippen molar-refractivity contribution in [3.8, 4) is 5.75 Å². The molecule has 1 saturated heterocycles. The number of carbonyl (C=O) groups excluding carboxylic acids is 2. The Balaban J connectivity index is 1.83. The molecule has 1 aliphatic rings. The van der Waals surface area contributed by atoms with E-state index in [0.29, 0.717) is 5.56 Å². The lowest BCUT2D eigenvalue weighted by atomic mass is 9.92. The number of benzene rings is 2. The molecule has 1 N–H and O–H groups in total. The predicted octanol–water partition coefficient (Wildman–Crippen LogP) is 2.50. The van der Waals surface area contributed by atoms with Gasteiger partial charge in [-0.2, -0.15) is 5.10 Å². The first-order chi connectivity index (χ1) is 11.5. The van der Waals surface area contributed by atoms with E-state index in [1.165, 1.54) is 6.21 Å². The number of ether oxygens (including phenoxy) is 1. The minimum Gasteiger partial charge on any atom is -0.497 e. The van der Waals surface area contributed by atoms with E-state index in [0.717, 1.165) is 16.3 Å². The van der Waals surface area contributed by atoms with Crippen molar-refractivity contribution in [2.45, 2.75) is 12.5 Å². The third-order valence-corrected chi connectivity index (χ3v) is 3.96. The average molecular weight is 323 g/mol. The third-order valence-electron chi connectivity index (χ3n) is 3.96. The van der Waals surface area contributed by atoms with Crippen molar-refractivity contribution in [3.05, 3.63) is 65.7 Å². The molecule has 0 aromatic heterocycles. The fraction of sp³-hybridized carbons (Fsp3) is 0.167. The highest BCUT2D eigenvalue weighted by atomic mass is 16.5. The second-order valence-corrected chi connectivity index (χ2v) is 5.56. The van der Waals surface area contributed by atoms with Crippen molar-refractivity contribution < 1.29 is 14.3 Å². The number of methoxy groups -OCH3 is 1. The van der Waals surface area contributed by atoms with E-state index in [1.807, 2.05) is 18.2 Å². The molecule has 0 unspecified atom stereocenters. The average Bonchev–Trinajstić information content (AvgIpc) is 2.84. The molecule has 6 heteroatoms. The van der Waals surface area contributed by atoms with Crippen molar-refractivity contribution in [1.29, 1.82) is 0 Å². The number of nitrogens with one attached hydrogen (secondary N) is 1. The van der Waals surface area contributed by atoms with Gasteiger partial charge in [0.25, 0.3) is 5.91 Å². The van der Waals surface area contributed by atoms with E-state index in [-0.39, 0.29) is 0 Å². The summed E-state index contributed by atoms with van der Waals surface area (Å²) < 4.78 is 5.08. The molecule has 0 spiro atoms. The molecule has 2 aromatic rings. The SMILES string of the molecule is COc1ccc(/C=N\N2C(=O)N[C@@](C)(c3ccccc3)C2=O)cc1. The highest BCUT2D eigenvalue weighted by Gasteiger charge is 2.49. The number of rotatable bonds is 4. The normalized spacial score (nSPS) is 20.5. The van der Waals surface area contributed by atoms with Crippen molar-refractivity contribution >= 4 is 18.2 Å². The van der Waals surface area contributed by atoms with Gasteiger partial charge in [-0.1, -0.05) is 30.3 Å². The smallest absolute Gasteiger partial charge is 0.346 e. The summed E-state index contributed by atoms with van der Waals surface area (Å²) in [4.78, 5) is 24.8. The maximum Gasteiger partial charge on any atom is 0.346 e. The number of amides is 3. The van der Waals surface area contributed by atoms with Gasteiger partial charge < -0.3 is 10.1 Å². The van der Waals surface area contributed by atoms with Gasteiger partial charge in [0.1, 0.15) is 11.3 Å². The van der Waals surface area contributed by atoms with Crippen LogP contribution in [0, 0.1) is 0 Å². The van der Waals surface area contributed by atoms with Crippen molar-refractivity contribution in [3.63, 3.8) is 0 Å². The summed E-state index contributed by atoms with van der Waals surface area (Å²) in [6.45, 7) is 1.67. The van der Waals surface area contributed by atoms with Crippen LogP contribution in [-0.2, 0) is 10.3 Å². The van der Waals surface area contributed by atoms with Crippen molar-refractivity contribution in [2.24, 2.45) is 5.10 Å². The van der Waals surface area contributed by atoms with Crippen LogP contribution in [0.2, 0.25) is 0 Å². The zero-order valence-corrected chi connectivity index (χ0v) is 13.4. The van der Waals surface area contributed by atoms with Gasteiger partial charge in [-0.05, 0) is 42.3 Å². The minimum atomic E-state index is -1.12. The van der Waals surface area contributed by atoms with E-state index in [1.54, 1.807) is 50.4 Å². The Kier molecular flexibility index (Phi) is 4.04. The van der Waals surface area contributed by atoms with Crippen molar-refractivity contribution in [2.75, 3.05) is 7.11 Å². The molecule has 0 saturated carbocycles. The maximum absolute atomic E-state index is 12.7. The van der Waals surface area contributed by atoms with Gasteiger partial charge in [0.15, 0.2) is 0 Å². The van der Waals surface area contributed by atoms with Crippen LogP contribution in [0.1, 0.15) is 18.1 Å². The van der Waals surface area contributed by atoms with E-state index < -0.39 is 17.5 Å². The number of urea groups is 1. The first-order valence-electron chi connectivity index (χ1n) is 7.45. The van der Waals surface area contributed by atoms with Crippen LogP contribution in [0.5, 0.6) is 5.75 Å². The number of hydrogen-bond donors (Lipinski definition) is 1. The van der Waals surface area contributed by atoms with Crippen molar-refractivity contribution in [1.82, 2.24) is 10.3 Å². The first-order valence-corrected chi connectivity index (χ1v) is 7.45. The number of nitrogens with zero attached hydrogens (tertiary/aromatic N) is 2. The number of hydrogen-bond acceptors (Lipinski definition) is 4. The lowest BCUT2D eigenvalue weighted by Gasteiger charge is -2.20. The molecule has 2 aromatic carbocycles. The molecule has 122 valence electrons. The van der Waals surface area contributed by atoms with E-state index in [9.17, 15) is 9.59 Å². The van der Waals surface area contributed by atoms with E-state index in [4.69, 9.17) is 4.74 Å². The summed E-state index contributed by atoms with van der Waals surface area (Å²) in [7, 11) is 1.58. The zero-order chi connectivity index (χ0) is 17.2. The molecular weight excluding hydrogens is 306 g/mol. The summed E-state index contributed by atoms with van der Waals surface area (Å²) in [5.74, 6) is 0.308. The summed E-state index contributed by atoms with van der Waals surface area (Å²) in [5.41, 5.74) is 0.352. The van der Waals surface area contributed by atoms with Crippen LogP contribution in [0.3, 0.4) is 0 Å². The van der Waals surface area contributed by atoms with Gasteiger partial charge in [0.05, 0.1) is 13.3 Å². The Labute approximate surface area is 139 Å². The fourth-order valence-electron chi connectivity index (χ4n) is 2.51. The Hall–Kier alpha value is -3.15. The van der Waals surface area contributed by atoms with E-state index >= 15 is 0 Å². The Morgan fingerprint density at radius 1 is 1.08 bits per heavy atom. The third kappa shape index (κ3) is 2.74. The summed E-state index contributed by atoms with van der Waals surface area (Å²) in [6, 6.07) is 15.7. The topological polar surface area (TPSA) is 71.0 Å². The molecule has 1 atom stereocenters. The molecule has 3 amide bonds. The zero-order valence-electron chi connectivity index (χ0n) is 13.4. The Morgan fingerprint density at radius 3 is 2.38 bits per heavy atom. The van der Waals surface area contributed by atoms with Crippen LogP contribution in [-0.4, -0.2) is 30.3 Å². The monoisotopic (exact) mass is 323 g/mol. The molecule has 0 radical (unpaired) electrons. The molecule has 0 aliphatic carbocycles. The van der Waals surface area contributed by atoms with Gasteiger partial charge in [-0.15, -0.1) is 5.01 Å².